The smallest absolute Gasteiger partial charge is 0.227 e. The van der Waals surface area contributed by atoms with Crippen molar-refractivity contribution >= 4 is 34.8 Å². The molecule has 2 N–H and O–H groups in total. The van der Waals surface area contributed by atoms with E-state index in [1.165, 1.54) is 14.2 Å². The number of anilines is 2. The van der Waals surface area contributed by atoms with Crippen LogP contribution in [0.3, 0.4) is 0 Å². The van der Waals surface area contributed by atoms with E-state index >= 15 is 0 Å². The summed E-state index contributed by atoms with van der Waals surface area (Å²) in [6, 6.07) is 10.9. The van der Waals surface area contributed by atoms with Crippen molar-refractivity contribution in [1.82, 2.24) is 0 Å². The van der Waals surface area contributed by atoms with Crippen molar-refractivity contribution in [2.75, 3.05) is 24.9 Å². The Morgan fingerprint density at radius 1 is 1.22 bits per heavy atom. The first-order valence-electron chi connectivity index (χ1n) is 8.62. The van der Waals surface area contributed by atoms with E-state index < -0.39 is 0 Å². The molecule has 1 atom stereocenters. The monoisotopic (exact) mass is 388 g/mol. The van der Waals surface area contributed by atoms with Gasteiger partial charge in [-0.15, -0.1) is 0 Å². The van der Waals surface area contributed by atoms with Gasteiger partial charge in [-0.3, -0.25) is 9.59 Å². The number of rotatable bonds is 6. The molecule has 6 nitrogen and oxygen atoms in total. The second-order valence-corrected chi connectivity index (χ2v) is 6.73. The van der Waals surface area contributed by atoms with Gasteiger partial charge < -0.3 is 20.1 Å². The highest BCUT2D eigenvalue weighted by Crippen LogP contribution is 2.36. The number of nitrogens with one attached hydrogen (secondary N) is 2. The highest BCUT2D eigenvalue weighted by molar-refractivity contribution is 6.32. The summed E-state index contributed by atoms with van der Waals surface area (Å²) >= 11 is 6.12. The molecule has 7 heteroatoms. The fraction of sp³-hybridized carbons (Fsp3) is 0.300. The fourth-order valence-electron chi connectivity index (χ4n) is 3.12. The Bertz CT molecular complexity index is 869. The van der Waals surface area contributed by atoms with Gasteiger partial charge in [0.2, 0.25) is 11.8 Å². The summed E-state index contributed by atoms with van der Waals surface area (Å²) in [6.07, 6.45) is 1.30. The molecule has 0 aromatic heterocycles. The molecule has 27 heavy (non-hydrogen) atoms. The van der Waals surface area contributed by atoms with E-state index in [-0.39, 0.29) is 24.2 Å². The third-order valence-electron chi connectivity index (χ3n) is 4.58. The quantitative estimate of drug-likeness (QED) is 0.787. The van der Waals surface area contributed by atoms with Crippen molar-refractivity contribution in [3.8, 4) is 11.5 Å². The maximum atomic E-state index is 12.4. The zero-order chi connectivity index (χ0) is 19.4. The van der Waals surface area contributed by atoms with Crippen LogP contribution < -0.4 is 20.1 Å². The molecule has 0 spiro atoms. The first-order valence-corrected chi connectivity index (χ1v) is 8.99. The lowest BCUT2D eigenvalue weighted by atomic mass is 9.89. The van der Waals surface area contributed by atoms with Crippen LogP contribution in [0.2, 0.25) is 5.02 Å². The molecule has 0 fully saturated rings. The van der Waals surface area contributed by atoms with Crippen molar-refractivity contribution in [3.63, 3.8) is 0 Å². The van der Waals surface area contributed by atoms with Crippen LogP contribution in [-0.2, 0) is 16.0 Å². The topological polar surface area (TPSA) is 76.7 Å². The number of carbonyl (C=O) groups is 2. The molecule has 0 unspecified atom stereocenters. The summed E-state index contributed by atoms with van der Waals surface area (Å²) in [6.45, 7) is 0. The Morgan fingerprint density at radius 3 is 2.70 bits per heavy atom. The number of ether oxygens (including phenoxy) is 2. The molecular weight excluding hydrogens is 368 g/mol. The number of halogens is 1. The number of carbonyl (C=O) groups excluding carboxylic acids is 2. The first kappa shape index (κ1) is 19.0. The lowest BCUT2D eigenvalue weighted by molar-refractivity contribution is -0.121. The van der Waals surface area contributed by atoms with Crippen molar-refractivity contribution in [2.45, 2.75) is 19.3 Å². The number of hydrogen-bond acceptors (Lipinski definition) is 4. The third-order valence-corrected chi connectivity index (χ3v) is 4.88. The Balaban J connectivity index is 1.62. The third kappa shape index (κ3) is 4.34. The lowest BCUT2D eigenvalue weighted by Gasteiger charge is -2.24. The zero-order valence-corrected chi connectivity index (χ0v) is 15.9. The van der Waals surface area contributed by atoms with Gasteiger partial charge >= 0.3 is 0 Å². The Hall–Kier alpha value is -2.73. The number of para-hydroxylation sites is 1. The fourth-order valence-corrected chi connectivity index (χ4v) is 3.36. The maximum Gasteiger partial charge on any atom is 0.227 e. The second kappa shape index (κ2) is 8.31. The number of hydrogen-bond donors (Lipinski definition) is 2. The molecule has 2 aromatic rings. The summed E-state index contributed by atoms with van der Waals surface area (Å²) in [7, 11) is 3.01. The van der Waals surface area contributed by atoms with Crippen LogP contribution in [0.15, 0.2) is 36.4 Å². The predicted octanol–water partition coefficient (Wildman–Crippen LogP) is 3.89. The summed E-state index contributed by atoms with van der Waals surface area (Å²) in [5.74, 6) is 0.428. The van der Waals surface area contributed by atoms with Gasteiger partial charge in [0.05, 0.1) is 24.9 Å². The Labute approximate surface area is 162 Å². The van der Waals surface area contributed by atoms with Gasteiger partial charge in [0.1, 0.15) is 11.5 Å². The van der Waals surface area contributed by atoms with Gasteiger partial charge in [-0.1, -0.05) is 29.8 Å². The number of benzene rings is 2. The minimum absolute atomic E-state index is 0.0495. The highest BCUT2D eigenvalue weighted by atomic mass is 35.5. The normalized spacial score (nSPS) is 15.5. The van der Waals surface area contributed by atoms with Crippen LogP contribution in [0, 0.1) is 5.92 Å². The largest absolute Gasteiger partial charge is 0.495 e. The van der Waals surface area contributed by atoms with E-state index in [0.29, 0.717) is 35.1 Å². The summed E-state index contributed by atoms with van der Waals surface area (Å²) < 4.78 is 10.4. The molecule has 0 saturated carbocycles. The summed E-state index contributed by atoms with van der Waals surface area (Å²) in [5, 5.41) is 6.06. The van der Waals surface area contributed by atoms with Crippen LogP contribution in [0.5, 0.6) is 11.5 Å². The van der Waals surface area contributed by atoms with Gasteiger partial charge in [0.15, 0.2) is 0 Å². The van der Waals surface area contributed by atoms with Gasteiger partial charge in [0, 0.05) is 24.1 Å². The molecule has 1 aliphatic heterocycles. The van der Waals surface area contributed by atoms with Gasteiger partial charge in [-0.05, 0) is 30.5 Å². The van der Waals surface area contributed by atoms with E-state index in [9.17, 15) is 9.59 Å². The number of fused-ring (bicyclic) bond motifs is 1. The van der Waals surface area contributed by atoms with E-state index in [4.69, 9.17) is 21.1 Å². The van der Waals surface area contributed by atoms with E-state index in [1.54, 1.807) is 12.1 Å². The highest BCUT2D eigenvalue weighted by Gasteiger charge is 2.26. The van der Waals surface area contributed by atoms with Crippen LogP contribution in [0.25, 0.3) is 0 Å². The molecule has 2 aromatic carbocycles. The number of amides is 2. The lowest BCUT2D eigenvalue weighted by Crippen LogP contribution is -2.30. The predicted molar refractivity (Wildman–Crippen MR) is 105 cm³/mol. The number of methoxy groups -OCH3 is 2. The summed E-state index contributed by atoms with van der Waals surface area (Å²) in [5.41, 5.74) is 2.40. The van der Waals surface area contributed by atoms with E-state index in [0.717, 1.165) is 11.3 Å². The van der Waals surface area contributed by atoms with Gasteiger partial charge in [-0.2, -0.15) is 0 Å². The molecule has 0 radical (unpaired) electrons. The van der Waals surface area contributed by atoms with Crippen LogP contribution in [-0.4, -0.2) is 26.0 Å². The molecule has 142 valence electrons. The van der Waals surface area contributed by atoms with Crippen LogP contribution in [0.4, 0.5) is 11.4 Å². The minimum atomic E-state index is -0.230. The maximum absolute atomic E-state index is 12.4. The van der Waals surface area contributed by atoms with E-state index in [2.05, 4.69) is 10.6 Å². The second-order valence-electron chi connectivity index (χ2n) is 6.32. The molecule has 0 bridgehead atoms. The summed E-state index contributed by atoms with van der Waals surface area (Å²) in [4.78, 5) is 24.6. The molecule has 0 aliphatic carbocycles. The molecule has 1 heterocycles. The van der Waals surface area contributed by atoms with Crippen molar-refractivity contribution in [3.05, 3.63) is 47.0 Å². The molecule has 3 rings (SSSR count). The van der Waals surface area contributed by atoms with E-state index in [1.807, 2.05) is 24.3 Å². The van der Waals surface area contributed by atoms with Crippen molar-refractivity contribution in [2.24, 2.45) is 5.92 Å². The molecular formula is C20H21ClN2O4. The Kier molecular flexibility index (Phi) is 5.86. The molecule has 2 amide bonds. The van der Waals surface area contributed by atoms with Gasteiger partial charge in [0.25, 0.3) is 0 Å². The zero-order valence-electron chi connectivity index (χ0n) is 15.2. The minimum Gasteiger partial charge on any atom is -0.495 e. The Morgan fingerprint density at radius 2 is 1.96 bits per heavy atom. The van der Waals surface area contributed by atoms with Crippen molar-refractivity contribution in [1.29, 1.82) is 0 Å². The van der Waals surface area contributed by atoms with Crippen molar-refractivity contribution < 1.29 is 19.1 Å². The SMILES string of the molecule is COc1cc(OC)c(NC(=O)CC[C@@H]2Cc3ccccc3NC2=O)cc1Cl. The molecule has 0 saturated heterocycles. The molecule has 1 aliphatic rings. The van der Waals surface area contributed by atoms with Gasteiger partial charge in [-0.25, -0.2) is 0 Å². The standard InChI is InChI=1S/C20H21ClN2O4/c1-26-17-11-18(27-2)16(10-14(17)21)22-19(24)8-7-13-9-12-5-3-4-6-15(12)23-20(13)25/h3-6,10-11,13H,7-9H2,1-2H3,(H,22,24)(H,23,25)/t13-/m1/s1. The average molecular weight is 389 g/mol. The van der Waals surface area contributed by atoms with Crippen LogP contribution in [0.1, 0.15) is 18.4 Å². The average Bonchev–Trinajstić information content (AvgIpc) is 2.66. The van der Waals surface area contributed by atoms with Crippen LogP contribution >= 0.6 is 11.6 Å². The first-order chi connectivity index (χ1) is 13.0.